The third-order valence-corrected chi connectivity index (χ3v) is 3.21. The fourth-order valence-electron chi connectivity index (χ4n) is 2.05. The van der Waals surface area contributed by atoms with Crippen LogP contribution in [-0.2, 0) is 4.74 Å². The number of ether oxygens (including phenoxy) is 2. The van der Waals surface area contributed by atoms with Crippen molar-refractivity contribution in [1.29, 1.82) is 0 Å². The predicted octanol–water partition coefficient (Wildman–Crippen LogP) is 2.11. The van der Waals surface area contributed by atoms with Gasteiger partial charge in [0.05, 0.1) is 13.3 Å². The van der Waals surface area contributed by atoms with E-state index in [1.54, 1.807) is 21.1 Å². The van der Waals surface area contributed by atoms with Crippen molar-refractivity contribution < 1.29 is 18.8 Å². The standard InChI is InChI=1S/C15H18N2O4/c1-10-12(8-17-21-10)15(18)16-9-14(20-3)11-6-4-5-7-13(11)19-2/h4-8,14H,9H2,1-3H3,(H,16,18). The van der Waals surface area contributed by atoms with Crippen LogP contribution in [0.4, 0.5) is 0 Å². The molecular formula is C15H18N2O4. The molecule has 6 heteroatoms. The van der Waals surface area contributed by atoms with Crippen LogP contribution in [-0.4, -0.2) is 31.8 Å². The van der Waals surface area contributed by atoms with Gasteiger partial charge in [0.1, 0.15) is 23.2 Å². The Bertz CT molecular complexity index is 609. The Kier molecular flexibility index (Phi) is 4.94. The number of nitrogens with zero attached hydrogens (tertiary/aromatic N) is 1. The quantitative estimate of drug-likeness (QED) is 0.882. The van der Waals surface area contributed by atoms with Crippen molar-refractivity contribution in [3.63, 3.8) is 0 Å². The molecule has 112 valence electrons. The summed E-state index contributed by atoms with van der Waals surface area (Å²) in [5, 5.41) is 6.40. The molecular weight excluding hydrogens is 272 g/mol. The number of hydrogen-bond donors (Lipinski definition) is 1. The molecule has 6 nitrogen and oxygen atoms in total. The van der Waals surface area contributed by atoms with E-state index in [-0.39, 0.29) is 12.0 Å². The highest BCUT2D eigenvalue weighted by atomic mass is 16.5. The van der Waals surface area contributed by atoms with Crippen molar-refractivity contribution in [2.75, 3.05) is 20.8 Å². The Balaban J connectivity index is 2.06. The minimum Gasteiger partial charge on any atom is -0.496 e. The molecule has 1 atom stereocenters. The molecule has 0 aliphatic carbocycles. The number of benzene rings is 1. The zero-order chi connectivity index (χ0) is 15.2. The summed E-state index contributed by atoms with van der Waals surface area (Å²) < 4.78 is 15.6. The molecule has 0 bridgehead atoms. The van der Waals surface area contributed by atoms with Crippen LogP contribution in [0.2, 0.25) is 0 Å². The maximum absolute atomic E-state index is 12.0. The Morgan fingerprint density at radius 1 is 1.38 bits per heavy atom. The van der Waals surface area contributed by atoms with Crippen molar-refractivity contribution in [3.8, 4) is 5.75 Å². The zero-order valence-electron chi connectivity index (χ0n) is 12.3. The molecule has 1 N–H and O–H groups in total. The smallest absolute Gasteiger partial charge is 0.256 e. The maximum Gasteiger partial charge on any atom is 0.256 e. The van der Waals surface area contributed by atoms with Gasteiger partial charge in [-0.25, -0.2) is 0 Å². The third kappa shape index (κ3) is 3.41. The Labute approximate surface area is 123 Å². The SMILES string of the molecule is COc1ccccc1C(CNC(=O)c1cnoc1C)OC. The Morgan fingerprint density at radius 3 is 2.76 bits per heavy atom. The van der Waals surface area contributed by atoms with Crippen LogP contribution in [0, 0.1) is 6.92 Å². The summed E-state index contributed by atoms with van der Waals surface area (Å²) in [6.07, 6.45) is 1.10. The number of methoxy groups -OCH3 is 2. The van der Waals surface area contributed by atoms with E-state index in [0.717, 1.165) is 11.3 Å². The lowest BCUT2D eigenvalue weighted by Crippen LogP contribution is -2.29. The van der Waals surface area contributed by atoms with Gasteiger partial charge in [-0.2, -0.15) is 0 Å². The second kappa shape index (κ2) is 6.90. The van der Waals surface area contributed by atoms with Gasteiger partial charge in [-0.15, -0.1) is 0 Å². The second-order valence-corrected chi connectivity index (χ2v) is 4.47. The normalized spacial score (nSPS) is 12.0. The van der Waals surface area contributed by atoms with Gasteiger partial charge in [-0.05, 0) is 13.0 Å². The number of amides is 1. The Hall–Kier alpha value is -2.34. The first-order chi connectivity index (χ1) is 10.2. The van der Waals surface area contributed by atoms with E-state index in [4.69, 9.17) is 14.0 Å². The molecule has 1 aromatic carbocycles. The molecule has 1 aromatic heterocycles. The predicted molar refractivity (Wildman–Crippen MR) is 76.3 cm³/mol. The first kappa shape index (κ1) is 15.1. The van der Waals surface area contributed by atoms with Gasteiger partial charge >= 0.3 is 0 Å². The molecule has 2 rings (SSSR count). The zero-order valence-corrected chi connectivity index (χ0v) is 12.3. The van der Waals surface area contributed by atoms with Gasteiger partial charge in [0, 0.05) is 19.2 Å². The number of rotatable bonds is 6. The van der Waals surface area contributed by atoms with E-state index in [9.17, 15) is 4.79 Å². The van der Waals surface area contributed by atoms with Crippen LogP contribution in [0.3, 0.4) is 0 Å². The molecule has 1 unspecified atom stereocenters. The minimum absolute atomic E-state index is 0.245. The van der Waals surface area contributed by atoms with Crippen LogP contribution in [0.15, 0.2) is 35.0 Å². The lowest BCUT2D eigenvalue weighted by atomic mass is 10.1. The van der Waals surface area contributed by atoms with Crippen LogP contribution in [0.5, 0.6) is 5.75 Å². The number of aromatic nitrogens is 1. The lowest BCUT2D eigenvalue weighted by molar-refractivity contribution is 0.0818. The van der Waals surface area contributed by atoms with Gasteiger partial charge in [-0.1, -0.05) is 23.4 Å². The average Bonchev–Trinajstić information content (AvgIpc) is 2.94. The maximum atomic E-state index is 12.0. The second-order valence-electron chi connectivity index (χ2n) is 4.47. The summed E-state index contributed by atoms with van der Waals surface area (Å²) in [6, 6.07) is 7.54. The van der Waals surface area contributed by atoms with Gasteiger partial charge < -0.3 is 19.3 Å². The van der Waals surface area contributed by atoms with Gasteiger partial charge in [-0.3, -0.25) is 4.79 Å². The van der Waals surface area contributed by atoms with Crippen LogP contribution in [0.1, 0.15) is 27.8 Å². The number of aryl methyl sites for hydroxylation is 1. The van der Waals surface area contributed by atoms with Crippen LogP contribution >= 0.6 is 0 Å². The molecule has 1 amide bonds. The molecule has 0 spiro atoms. The highest BCUT2D eigenvalue weighted by Crippen LogP contribution is 2.26. The van der Waals surface area contributed by atoms with Gasteiger partial charge in [0.2, 0.25) is 0 Å². The molecule has 0 radical (unpaired) electrons. The average molecular weight is 290 g/mol. The van der Waals surface area contributed by atoms with E-state index in [1.165, 1.54) is 6.20 Å². The van der Waals surface area contributed by atoms with Crippen molar-refractivity contribution >= 4 is 5.91 Å². The van der Waals surface area contributed by atoms with Gasteiger partial charge in [0.25, 0.3) is 5.91 Å². The number of nitrogens with one attached hydrogen (secondary N) is 1. The highest BCUT2D eigenvalue weighted by Gasteiger charge is 2.18. The fourth-order valence-corrected chi connectivity index (χ4v) is 2.05. The van der Waals surface area contributed by atoms with Crippen molar-refractivity contribution in [3.05, 3.63) is 47.3 Å². The first-order valence-corrected chi connectivity index (χ1v) is 6.52. The number of para-hydroxylation sites is 1. The summed E-state index contributed by atoms with van der Waals surface area (Å²) >= 11 is 0. The topological polar surface area (TPSA) is 73.6 Å². The molecule has 0 saturated heterocycles. The third-order valence-electron chi connectivity index (χ3n) is 3.21. The van der Waals surface area contributed by atoms with Crippen LogP contribution in [0.25, 0.3) is 0 Å². The van der Waals surface area contributed by atoms with E-state index in [0.29, 0.717) is 17.9 Å². The molecule has 0 aliphatic heterocycles. The van der Waals surface area contributed by atoms with E-state index < -0.39 is 0 Å². The van der Waals surface area contributed by atoms with E-state index in [1.807, 2.05) is 24.3 Å². The molecule has 2 aromatic rings. The summed E-state index contributed by atoms with van der Waals surface area (Å²) in [7, 11) is 3.19. The first-order valence-electron chi connectivity index (χ1n) is 6.52. The summed E-state index contributed by atoms with van der Waals surface area (Å²) in [4.78, 5) is 12.0. The number of hydrogen-bond acceptors (Lipinski definition) is 5. The molecule has 0 aliphatic rings. The molecule has 0 fully saturated rings. The van der Waals surface area contributed by atoms with Gasteiger partial charge in [0.15, 0.2) is 0 Å². The minimum atomic E-state index is -0.301. The summed E-state index contributed by atoms with van der Waals surface area (Å²) in [6.45, 7) is 2.01. The molecule has 0 saturated carbocycles. The number of carbonyl (C=O) groups is 1. The Morgan fingerprint density at radius 2 is 2.14 bits per heavy atom. The fraction of sp³-hybridized carbons (Fsp3) is 0.333. The van der Waals surface area contributed by atoms with Crippen molar-refractivity contribution in [2.24, 2.45) is 0 Å². The monoisotopic (exact) mass is 290 g/mol. The van der Waals surface area contributed by atoms with Crippen molar-refractivity contribution in [2.45, 2.75) is 13.0 Å². The highest BCUT2D eigenvalue weighted by molar-refractivity contribution is 5.94. The van der Waals surface area contributed by atoms with Crippen LogP contribution < -0.4 is 10.1 Å². The number of carbonyl (C=O) groups excluding carboxylic acids is 1. The summed E-state index contributed by atoms with van der Waals surface area (Å²) in [5.74, 6) is 0.962. The molecule has 1 heterocycles. The van der Waals surface area contributed by atoms with E-state index >= 15 is 0 Å². The van der Waals surface area contributed by atoms with E-state index in [2.05, 4.69) is 10.5 Å². The molecule has 21 heavy (non-hydrogen) atoms. The summed E-state index contributed by atoms with van der Waals surface area (Å²) in [5.41, 5.74) is 1.30. The lowest BCUT2D eigenvalue weighted by Gasteiger charge is -2.18. The largest absolute Gasteiger partial charge is 0.496 e. The van der Waals surface area contributed by atoms with Crippen molar-refractivity contribution in [1.82, 2.24) is 10.5 Å².